The van der Waals surface area contributed by atoms with Crippen LogP contribution in [0.3, 0.4) is 0 Å². The number of nitrogens with two attached hydrogens (primary N) is 1. The summed E-state index contributed by atoms with van der Waals surface area (Å²) in [5.74, 6) is 0.490. The molecule has 2 aromatic carbocycles. The topological polar surface area (TPSA) is 61.6 Å². The number of benzene rings is 2. The van der Waals surface area contributed by atoms with E-state index < -0.39 is 12.2 Å². The molecule has 2 aromatic rings. The van der Waals surface area contributed by atoms with Gasteiger partial charge in [-0.3, -0.25) is 0 Å². The fourth-order valence-corrected chi connectivity index (χ4v) is 2.91. The monoisotopic (exact) mass is 311 g/mol. The summed E-state index contributed by atoms with van der Waals surface area (Å²) in [6.45, 7) is 5.24. The molecule has 0 saturated carbocycles. The number of primary amides is 1. The third-order valence-corrected chi connectivity index (χ3v) is 4.16. The molecule has 1 aliphatic heterocycles. The second-order valence-electron chi connectivity index (χ2n) is 6.13. The van der Waals surface area contributed by atoms with Crippen molar-refractivity contribution >= 4 is 6.09 Å². The lowest BCUT2D eigenvalue weighted by molar-refractivity contribution is -0.000000420. The van der Waals surface area contributed by atoms with E-state index in [2.05, 4.69) is 50.2 Å². The standard InChI is InChI=1S/C19H21NO3/c1-12(2)13-4-3-5-14(8-13)15-6-7-17-16(9-15)10-22-11-18(17)23-19(20)21/h3-9,12,18H,10-11H2,1-2H3,(H2,20,21). The van der Waals surface area contributed by atoms with Crippen molar-refractivity contribution in [1.82, 2.24) is 0 Å². The van der Waals surface area contributed by atoms with E-state index >= 15 is 0 Å². The van der Waals surface area contributed by atoms with Gasteiger partial charge in [-0.05, 0) is 34.2 Å². The van der Waals surface area contributed by atoms with Gasteiger partial charge in [0.05, 0.1) is 13.2 Å². The Morgan fingerprint density at radius 2 is 2.00 bits per heavy atom. The Morgan fingerprint density at radius 3 is 2.74 bits per heavy atom. The molecule has 0 bridgehead atoms. The summed E-state index contributed by atoms with van der Waals surface area (Å²) < 4.78 is 10.7. The van der Waals surface area contributed by atoms with Crippen molar-refractivity contribution in [2.45, 2.75) is 32.5 Å². The van der Waals surface area contributed by atoms with Crippen LogP contribution in [0.2, 0.25) is 0 Å². The number of carbonyl (C=O) groups excluding carboxylic acids is 1. The molecule has 4 nitrogen and oxygen atoms in total. The summed E-state index contributed by atoms with van der Waals surface area (Å²) in [7, 11) is 0. The van der Waals surface area contributed by atoms with E-state index in [1.807, 2.05) is 6.07 Å². The Balaban J connectivity index is 1.94. The van der Waals surface area contributed by atoms with E-state index in [1.54, 1.807) is 0 Å². The average Bonchev–Trinajstić information content (AvgIpc) is 2.54. The molecule has 1 amide bonds. The van der Waals surface area contributed by atoms with Crippen molar-refractivity contribution in [1.29, 1.82) is 0 Å². The molecule has 2 N–H and O–H groups in total. The van der Waals surface area contributed by atoms with Gasteiger partial charge >= 0.3 is 6.09 Å². The highest BCUT2D eigenvalue weighted by atomic mass is 16.6. The molecule has 120 valence electrons. The smallest absolute Gasteiger partial charge is 0.405 e. The molecular weight excluding hydrogens is 290 g/mol. The van der Waals surface area contributed by atoms with Gasteiger partial charge in [0.1, 0.15) is 0 Å². The van der Waals surface area contributed by atoms with Crippen LogP contribution in [0.1, 0.15) is 42.6 Å². The average molecular weight is 311 g/mol. The molecule has 0 aromatic heterocycles. The Labute approximate surface area is 136 Å². The number of hydrogen-bond acceptors (Lipinski definition) is 3. The van der Waals surface area contributed by atoms with Crippen LogP contribution in [0.4, 0.5) is 4.79 Å². The zero-order valence-electron chi connectivity index (χ0n) is 13.4. The molecule has 0 spiro atoms. The normalized spacial score (nSPS) is 16.9. The summed E-state index contributed by atoms with van der Waals surface area (Å²) in [6.07, 6.45) is -1.20. The first-order valence-corrected chi connectivity index (χ1v) is 7.81. The number of carbonyl (C=O) groups is 1. The van der Waals surface area contributed by atoms with E-state index in [0.717, 1.165) is 16.7 Å². The maximum atomic E-state index is 11.0. The second kappa shape index (κ2) is 6.42. The number of fused-ring (bicyclic) bond motifs is 1. The van der Waals surface area contributed by atoms with Crippen molar-refractivity contribution in [2.75, 3.05) is 6.61 Å². The molecule has 0 aliphatic carbocycles. The highest BCUT2D eigenvalue weighted by molar-refractivity contribution is 5.67. The molecule has 4 heteroatoms. The molecular formula is C19H21NO3. The van der Waals surface area contributed by atoms with E-state index in [0.29, 0.717) is 19.1 Å². The summed E-state index contributed by atoms with van der Waals surface area (Å²) in [4.78, 5) is 11.0. The van der Waals surface area contributed by atoms with E-state index in [1.165, 1.54) is 11.1 Å². The molecule has 3 rings (SSSR count). The van der Waals surface area contributed by atoms with Crippen LogP contribution in [0.25, 0.3) is 11.1 Å². The number of amides is 1. The maximum Gasteiger partial charge on any atom is 0.405 e. The maximum absolute atomic E-state index is 11.0. The Morgan fingerprint density at radius 1 is 1.22 bits per heavy atom. The summed E-state index contributed by atoms with van der Waals surface area (Å²) in [5.41, 5.74) is 10.8. The first kappa shape index (κ1) is 15.6. The van der Waals surface area contributed by atoms with Crippen LogP contribution in [0, 0.1) is 0 Å². The van der Waals surface area contributed by atoms with Crippen molar-refractivity contribution in [3.8, 4) is 11.1 Å². The van der Waals surface area contributed by atoms with Crippen molar-refractivity contribution in [3.05, 3.63) is 59.2 Å². The number of ether oxygens (including phenoxy) is 2. The van der Waals surface area contributed by atoms with Crippen molar-refractivity contribution in [3.63, 3.8) is 0 Å². The van der Waals surface area contributed by atoms with Gasteiger partial charge < -0.3 is 15.2 Å². The zero-order chi connectivity index (χ0) is 16.4. The van der Waals surface area contributed by atoms with Crippen LogP contribution in [0.5, 0.6) is 0 Å². The summed E-state index contributed by atoms with van der Waals surface area (Å²) in [5, 5.41) is 0. The first-order valence-electron chi connectivity index (χ1n) is 7.81. The molecule has 0 radical (unpaired) electrons. The van der Waals surface area contributed by atoms with Crippen molar-refractivity contribution < 1.29 is 14.3 Å². The second-order valence-corrected chi connectivity index (χ2v) is 6.13. The molecule has 1 aliphatic rings. The SMILES string of the molecule is CC(C)c1cccc(-c2ccc3c(c2)COCC3OC(N)=O)c1. The van der Waals surface area contributed by atoms with Crippen LogP contribution < -0.4 is 5.73 Å². The Bertz CT molecular complexity index is 724. The third-order valence-electron chi connectivity index (χ3n) is 4.16. The van der Waals surface area contributed by atoms with Gasteiger partial charge in [-0.25, -0.2) is 4.79 Å². The van der Waals surface area contributed by atoms with Crippen LogP contribution in [-0.4, -0.2) is 12.7 Å². The van der Waals surface area contributed by atoms with Gasteiger partial charge in [-0.1, -0.05) is 50.2 Å². The van der Waals surface area contributed by atoms with Gasteiger partial charge in [0.2, 0.25) is 0 Å². The van der Waals surface area contributed by atoms with Crippen molar-refractivity contribution in [2.24, 2.45) is 5.73 Å². The molecule has 0 saturated heterocycles. The van der Waals surface area contributed by atoms with Gasteiger partial charge in [0.15, 0.2) is 6.10 Å². The number of rotatable bonds is 3. The van der Waals surface area contributed by atoms with Gasteiger partial charge in [-0.2, -0.15) is 0 Å². The molecule has 1 heterocycles. The van der Waals surface area contributed by atoms with E-state index in [4.69, 9.17) is 15.2 Å². The minimum Gasteiger partial charge on any atom is -0.439 e. The summed E-state index contributed by atoms with van der Waals surface area (Å²) >= 11 is 0. The fraction of sp³-hybridized carbons (Fsp3) is 0.316. The van der Waals surface area contributed by atoms with E-state index in [-0.39, 0.29) is 0 Å². The highest BCUT2D eigenvalue weighted by Crippen LogP contribution is 2.32. The quantitative estimate of drug-likeness (QED) is 0.926. The van der Waals surface area contributed by atoms with E-state index in [9.17, 15) is 4.79 Å². The van der Waals surface area contributed by atoms with Crippen LogP contribution in [-0.2, 0) is 16.1 Å². The lowest BCUT2D eigenvalue weighted by Gasteiger charge is -2.25. The minimum atomic E-state index is -0.778. The predicted octanol–water partition coefficient (Wildman–Crippen LogP) is 4.14. The van der Waals surface area contributed by atoms with Crippen LogP contribution in [0.15, 0.2) is 42.5 Å². The Kier molecular flexibility index (Phi) is 4.35. The third kappa shape index (κ3) is 3.37. The molecule has 0 fully saturated rings. The lowest BCUT2D eigenvalue weighted by atomic mass is 9.93. The molecule has 1 unspecified atom stereocenters. The van der Waals surface area contributed by atoms with Gasteiger partial charge in [0.25, 0.3) is 0 Å². The summed E-state index contributed by atoms with van der Waals surface area (Å²) in [6, 6.07) is 14.7. The molecule has 1 atom stereocenters. The predicted molar refractivity (Wildman–Crippen MR) is 89.0 cm³/mol. The lowest BCUT2D eigenvalue weighted by Crippen LogP contribution is -2.24. The zero-order valence-corrected chi connectivity index (χ0v) is 13.4. The largest absolute Gasteiger partial charge is 0.439 e. The van der Waals surface area contributed by atoms with Gasteiger partial charge in [-0.15, -0.1) is 0 Å². The van der Waals surface area contributed by atoms with Crippen LogP contribution >= 0.6 is 0 Å². The first-order chi connectivity index (χ1) is 11.0. The highest BCUT2D eigenvalue weighted by Gasteiger charge is 2.23. The van der Waals surface area contributed by atoms with Gasteiger partial charge in [0, 0.05) is 5.56 Å². The number of hydrogen-bond donors (Lipinski definition) is 1. The molecule has 23 heavy (non-hydrogen) atoms. The fourth-order valence-electron chi connectivity index (χ4n) is 2.91. The Hall–Kier alpha value is -2.33. The minimum absolute atomic E-state index is 0.345.